The van der Waals surface area contributed by atoms with Crippen LogP contribution in [-0.4, -0.2) is 25.3 Å². The lowest BCUT2D eigenvalue weighted by Crippen LogP contribution is -2.39. The van der Waals surface area contributed by atoms with Crippen LogP contribution < -0.4 is 5.32 Å². The maximum Gasteiger partial charge on any atom is 0.129 e. The summed E-state index contributed by atoms with van der Waals surface area (Å²) in [4.78, 5) is 0. The molecule has 0 aliphatic rings. The smallest absolute Gasteiger partial charge is 0.129 e. The van der Waals surface area contributed by atoms with Gasteiger partial charge in [-0.05, 0) is 39.3 Å². The van der Waals surface area contributed by atoms with Crippen molar-refractivity contribution in [3.63, 3.8) is 0 Å². The van der Waals surface area contributed by atoms with Crippen LogP contribution in [0.5, 0.6) is 0 Å². The standard InChI is InChI=1S/C14H21F2NO/c1-4-18-9-11(3)17-10(2)8-12-13(15)6-5-7-14(12)16/h5-7,10-11,17H,4,8-9H2,1-3H3. The molecule has 2 nitrogen and oxygen atoms in total. The summed E-state index contributed by atoms with van der Waals surface area (Å²) in [6.07, 6.45) is 0.328. The highest BCUT2D eigenvalue weighted by molar-refractivity contribution is 5.20. The molecule has 1 aromatic rings. The zero-order chi connectivity index (χ0) is 13.5. The highest BCUT2D eigenvalue weighted by Crippen LogP contribution is 2.14. The molecule has 0 aromatic heterocycles. The number of benzene rings is 1. The zero-order valence-electron chi connectivity index (χ0n) is 11.2. The maximum atomic E-state index is 13.5. The van der Waals surface area contributed by atoms with Crippen molar-refractivity contribution >= 4 is 0 Å². The number of nitrogens with one attached hydrogen (secondary N) is 1. The molecule has 0 aliphatic heterocycles. The average Bonchev–Trinajstić information content (AvgIpc) is 2.31. The fraction of sp³-hybridized carbons (Fsp3) is 0.571. The summed E-state index contributed by atoms with van der Waals surface area (Å²) in [6.45, 7) is 7.10. The van der Waals surface area contributed by atoms with E-state index in [1.54, 1.807) is 0 Å². The molecular formula is C14H21F2NO. The maximum absolute atomic E-state index is 13.5. The fourth-order valence-electron chi connectivity index (χ4n) is 1.92. The van der Waals surface area contributed by atoms with Gasteiger partial charge >= 0.3 is 0 Å². The zero-order valence-corrected chi connectivity index (χ0v) is 11.2. The summed E-state index contributed by atoms with van der Waals surface area (Å²) in [5, 5.41) is 3.26. The molecule has 4 heteroatoms. The summed E-state index contributed by atoms with van der Waals surface area (Å²) in [5.41, 5.74) is 0.140. The molecule has 0 bridgehead atoms. The summed E-state index contributed by atoms with van der Waals surface area (Å²) in [5.74, 6) is -0.970. The van der Waals surface area contributed by atoms with E-state index >= 15 is 0 Å². The van der Waals surface area contributed by atoms with E-state index < -0.39 is 11.6 Å². The van der Waals surface area contributed by atoms with Crippen LogP contribution >= 0.6 is 0 Å². The van der Waals surface area contributed by atoms with E-state index in [4.69, 9.17) is 4.74 Å². The van der Waals surface area contributed by atoms with Crippen molar-refractivity contribution in [1.82, 2.24) is 5.32 Å². The monoisotopic (exact) mass is 257 g/mol. The first-order valence-corrected chi connectivity index (χ1v) is 6.31. The van der Waals surface area contributed by atoms with Crippen molar-refractivity contribution in [2.75, 3.05) is 13.2 Å². The number of halogens is 2. The van der Waals surface area contributed by atoms with E-state index in [-0.39, 0.29) is 17.6 Å². The van der Waals surface area contributed by atoms with Gasteiger partial charge in [-0.2, -0.15) is 0 Å². The molecule has 0 saturated carbocycles. The van der Waals surface area contributed by atoms with Gasteiger partial charge in [-0.25, -0.2) is 8.78 Å². The normalized spacial score (nSPS) is 14.5. The van der Waals surface area contributed by atoms with Crippen LogP contribution in [0.2, 0.25) is 0 Å². The highest BCUT2D eigenvalue weighted by atomic mass is 19.1. The van der Waals surface area contributed by atoms with Gasteiger partial charge in [-0.15, -0.1) is 0 Å². The Morgan fingerprint density at radius 2 is 1.78 bits per heavy atom. The lowest BCUT2D eigenvalue weighted by atomic mass is 10.1. The van der Waals surface area contributed by atoms with E-state index in [9.17, 15) is 8.78 Å². The van der Waals surface area contributed by atoms with E-state index in [1.807, 2.05) is 20.8 Å². The third kappa shape index (κ3) is 4.70. The van der Waals surface area contributed by atoms with Gasteiger partial charge in [0.05, 0.1) is 6.61 Å². The van der Waals surface area contributed by atoms with E-state index in [0.717, 1.165) is 0 Å². The summed E-state index contributed by atoms with van der Waals surface area (Å²) in [7, 11) is 0. The third-order valence-electron chi connectivity index (χ3n) is 2.71. The lowest BCUT2D eigenvalue weighted by Gasteiger charge is -2.20. The predicted molar refractivity (Wildman–Crippen MR) is 68.6 cm³/mol. The van der Waals surface area contributed by atoms with Crippen LogP contribution in [0.4, 0.5) is 8.78 Å². The van der Waals surface area contributed by atoms with Gasteiger partial charge in [-0.1, -0.05) is 6.07 Å². The highest BCUT2D eigenvalue weighted by Gasteiger charge is 2.14. The van der Waals surface area contributed by atoms with Crippen LogP contribution in [0.1, 0.15) is 26.3 Å². The van der Waals surface area contributed by atoms with Gasteiger partial charge in [0.1, 0.15) is 11.6 Å². The minimum absolute atomic E-state index is 0.00754. The van der Waals surface area contributed by atoms with E-state index in [0.29, 0.717) is 19.6 Å². The second-order valence-electron chi connectivity index (χ2n) is 4.53. The Balaban J connectivity index is 2.51. The lowest BCUT2D eigenvalue weighted by molar-refractivity contribution is 0.124. The van der Waals surface area contributed by atoms with E-state index in [2.05, 4.69) is 5.32 Å². The first-order chi connectivity index (χ1) is 8.54. The first-order valence-electron chi connectivity index (χ1n) is 6.31. The van der Waals surface area contributed by atoms with Gasteiger partial charge in [0.2, 0.25) is 0 Å². The Morgan fingerprint density at radius 1 is 1.17 bits per heavy atom. The Labute approximate surface area is 107 Å². The Kier molecular flexibility index (Phi) is 6.22. The molecule has 18 heavy (non-hydrogen) atoms. The molecule has 0 heterocycles. The Morgan fingerprint density at radius 3 is 2.33 bits per heavy atom. The summed E-state index contributed by atoms with van der Waals surface area (Å²) in [6, 6.07) is 4.11. The average molecular weight is 257 g/mol. The number of rotatable bonds is 7. The molecule has 2 atom stereocenters. The quantitative estimate of drug-likeness (QED) is 0.811. The second-order valence-corrected chi connectivity index (χ2v) is 4.53. The second kappa shape index (κ2) is 7.44. The van der Waals surface area contributed by atoms with Gasteiger partial charge in [0.15, 0.2) is 0 Å². The minimum atomic E-state index is -0.485. The van der Waals surface area contributed by atoms with Crippen LogP contribution in [0.15, 0.2) is 18.2 Å². The van der Waals surface area contributed by atoms with Crippen LogP contribution in [-0.2, 0) is 11.2 Å². The third-order valence-corrected chi connectivity index (χ3v) is 2.71. The predicted octanol–water partition coefficient (Wildman–Crippen LogP) is 2.91. The van der Waals surface area contributed by atoms with Crippen molar-refractivity contribution in [3.8, 4) is 0 Å². The molecule has 1 N–H and O–H groups in total. The molecule has 0 radical (unpaired) electrons. The van der Waals surface area contributed by atoms with Gasteiger partial charge < -0.3 is 10.1 Å². The van der Waals surface area contributed by atoms with E-state index in [1.165, 1.54) is 18.2 Å². The van der Waals surface area contributed by atoms with Crippen LogP contribution in [0.3, 0.4) is 0 Å². The van der Waals surface area contributed by atoms with Crippen molar-refractivity contribution in [2.24, 2.45) is 0 Å². The van der Waals surface area contributed by atoms with Gasteiger partial charge in [-0.3, -0.25) is 0 Å². The van der Waals surface area contributed by atoms with Gasteiger partial charge in [0, 0.05) is 24.3 Å². The Hall–Kier alpha value is -1.00. The molecule has 0 fully saturated rings. The first kappa shape index (κ1) is 15.1. The number of hydrogen-bond donors (Lipinski definition) is 1. The molecule has 0 aliphatic carbocycles. The number of ether oxygens (including phenoxy) is 1. The van der Waals surface area contributed by atoms with Crippen LogP contribution in [0.25, 0.3) is 0 Å². The van der Waals surface area contributed by atoms with Gasteiger partial charge in [0.25, 0.3) is 0 Å². The van der Waals surface area contributed by atoms with Crippen LogP contribution in [0, 0.1) is 11.6 Å². The molecular weight excluding hydrogens is 236 g/mol. The number of hydrogen-bond acceptors (Lipinski definition) is 2. The van der Waals surface area contributed by atoms with Crippen molar-refractivity contribution in [1.29, 1.82) is 0 Å². The molecule has 0 amide bonds. The summed E-state index contributed by atoms with van der Waals surface area (Å²) < 4.78 is 32.2. The molecule has 0 saturated heterocycles. The Bertz CT molecular complexity index is 351. The van der Waals surface area contributed by atoms with Crippen molar-refractivity contribution in [2.45, 2.75) is 39.3 Å². The molecule has 1 rings (SSSR count). The fourth-order valence-corrected chi connectivity index (χ4v) is 1.92. The molecule has 102 valence electrons. The molecule has 1 aromatic carbocycles. The molecule has 0 spiro atoms. The molecule has 2 unspecified atom stereocenters. The topological polar surface area (TPSA) is 21.3 Å². The van der Waals surface area contributed by atoms with Crippen molar-refractivity contribution < 1.29 is 13.5 Å². The largest absolute Gasteiger partial charge is 0.380 e. The summed E-state index contributed by atoms with van der Waals surface area (Å²) >= 11 is 0. The SMILES string of the molecule is CCOCC(C)NC(C)Cc1c(F)cccc1F. The minimum Gasteiger partial charge on any atom is -0.380 e. The van der Waals surface area contributed by atoms with Crippen molar-refractivity contribution in [3.05, 3.63) is 35.4 Å².